The Kier molecular flexibility index (Phi) is 6.25. The largest absolute Gasteiger partial charge is 0.482 e. The quantitative estimate of drug-likeness (QED) is 0.804. The molecule has 1 heterocycles. The lowest BCUT2D eigenvalue weighted by Crippen LogP contribution is -2.26. The van der Waals surface area contributed by atoms with Crippen molar-refractivity contribution in [2.45, 2.75) is 4.58 Å². The zero-order valence-electron chi connectivity index (χ0n) is 11.7. The molecular weight excluding hydrogens is 310 g/mol. The van der Waals surface area contributed by atoms with Crippen molar-refractivity contribution >= 4 is 35.4 Å². The number of hydrogen-bond acceptors (Lipinski definition) is 6. The van der Waals surface area contributed by atoms with E-state index in [4.69, 9.17) is 9.47 Å². The number of carbonyl (C=O) groups is 2. The molecule has 0 unspecified atom stereocenters. The molecule has 1 aromatic carbocycles. The first-order valence-corrected chi connectivity index (χ1v) is 8.61. The number of benzene rings is 1. The number of amides is 1. The van der Waals surface area contributed by atoms with Gasteiger partial charge in [0.05, 0.1) is 4.58 Å². The summed E-state index contributed by atoms with van der Waals surface area (Å²) in [4.78, 5) is 22.5. The van der Waals surface area contributed by atoms with E-state index in [1.165, 1.54) is 7.05 Å². The predicted molar refractivity (Wildman–Crippen MR) is 84.6 cm³/mol. The van der Waals surface area contributed by atoms with Crippen molar-refractivity contribution in [3.63, 3.8) is 0 Å². The van der Waals surface area contributed by atoms with Crippen LogP contribution in [0.1, 0.15) is 10.1 Å². The molecule has 1 saturated heterocycles. The first kappa shape index (κ1) is 16.0. The molecule has 7 heteroatoms. The number of para-hydroxylation sites is 1. The van der Waals surface area contributed by atoms with Gasteiger partial charge in [0.1, 0.15) is 5.75 Å². The van der Waals surface area contributed by atoms with Crippen molar-refractivity contribution in [1.29, 1.82) is 0 Å². The maximum atomic E-state index is 11.5. The topological polar surface area (TPSA) is 64.6 Å². The average Bonchev–Trinajstić information content (AvgIpc) is 3.05. The molecule has 5 nitrogen and oxygen atoms in total. The molecule has 1 N–H and O–H groups in total. The molecular formula is C14H17NO4S2. The third-order valence-electron chi connectivity index (χ3n) is 2.78. The summed E-state index contributed by atoms with van der Waals surface area (Å²) in [5.74, 6) is 2.04. The standard InChI is InChI=1S/C14H17NO4S2/c1-15-12(16)8-19-13(17)9-18-11-5-3-2-4-10(11)14-20-6-7-21-14/h2-5,14H,6-9H2,1H3,(H,15,16). The van der Waals surface area contributed by atoms with E-state index in [1.54, 1.807) is 0 Å². The van der Waals surface area contributed by atoms with Crippen LogP contribution in [0.5, 0.6) is 5.75 Å². The first-order chi connectivity index (χ1) is 10.2. The second-order valence-corrected chi connectivity index (χ2v) is 6.96. The fourth-order valence-corrected chi connectivity index (χ4v) is 4.65. The zero-order chi connectivity index (χ0) is 15.1. The van der Waals surface area contributed by atoms with Crippen LogP contribution in [0.15, 0.2) is 24.3 Å². The van der Waals surface area contributed by atoms with Crippen LogP contribution >= 0.6 is 23.5 Å². The number of thioether (sulfide) groups is 2. The van der Waals surface area contributed by atoms with Gasteiger partial charge in [-0.1, -0.05) is 18.2 Å². The minimum Gasteiger partial charge on any atom is -0.482 e. The molecule has 1 fully saturated rings. The fraction of sp³-hybridized carbons (Fsp3) is 0.429. The van der Waals surface area contributed by atoms with Crippen molar-refractivity contribution in [2.24, 2.45) is 0 Å². The van der Waals surface area contributed by atoms with Gasteiger partial charge in [0.25, 0.3) is 5.91 Å². The van der Waals surface area contributed by atoms with E-state index in [1.807, 2.05) is 47.8 Å². The van der Waals surface area contributed by atoms with Gasteiger partial charge in [-0.15, -0.1) is 23.5 Å². The van der Waals surface area contributed by atoms with Crippen molar-refractivity contribution in [3.05, 3.63) is 29.8 Å². The van der Waals surface area contributed by atoms with Gasteiger partial charge < -0.3 is 14.8 Å². The summed E-state index contributed by atoms with van der Waals surface area (Å²) >= 11 is 3.75. The summed E-state index contributed by atoms with van der Waals surface area (Å²) < 4.78 is 10.7. The molecule has 1 amide bonds. The molecule has 0 spiro atoms. The molecule has 1 aliphatic heterocycles. The minimum atomic E-state index is -0.555. The number of ether oxygens (including phenoxy) is 2. The Morgan fingerprint density at radius 2 is 1.95 bits per heavy atom. The SMILES string of the molecule is CNC(=O)COC(=O)COc1ccccc1C1SCCS1. The van der Waals surface area contributed by atoms with E-state index in [2.05, 4.69) is 5.32 Å². The summed E-state index contributed by atoms with van der Waals surface area (Å²) in [6, 6.07) is 7.70. The van der Waals surface area contributed by atoms with Crippen LogP contribution in [-0.2, 0) is 14.3 Å². The third kappa shape index (κ3) is 4.86. The number of rotatable bonds is 6. The normalized spacial score (nSPS) is 14.7. The van der Waals surface area contributed by atoms with Gasteiger partial charge in [-0.25, -0.2) is 4.79 Å². The second-order valence-electron chi connectivity index (χ2n) is 4.23. The number of esters is 1. The zero-order valence-corrected chi connectivity index (χ0v) is 13.3. The van der Waals surface area contributed by atoms with E-state index in [-0.39, 0.29) is 19.1 Å². The lowest BCUT2D eigenvalue weighted by Gasteiger charge is -2.14. The summed E-state index contributed by atoms with van der Waals surface area (Å²) in [6.45, 7) is -0.481. The Balaban J connectivity index is 1.88. The Morgan fingerprint density at radius 3 is 2.67 bits per heavy atom. The second kappa shape index (κ2) is 8.19. The van der Waals surface area contributed by atoms with E-state index < -0.39 is 5.97 Å². The minimum absolute atomic E-state index is 0.198. The Bertz CT molecular complexity index is 504. The summed E-state index contributed by atoms with van der Waals surface area (Å²) in [7, 11) is 1.49. The van der Waals surface area contributed by atoms with Gasteiger partial charge in [-0.2, -0.15) is 0 Å². The molecule has 0 atom stereocenters. The van der Waals surface area contributed by atoms with Gasteiger partial charge in [0.15, 0.2) is 13.2 Å². The fourth-order valence-electron chi connectivity index (χ4n) is 1.74. The van der Waals surface area contributed by atoms with Crippen LogP contribution in [-0.4, -0.2) is 43.6 Å². The molecule has 0 saturated carbocycles. The summed E-state index contributed by atoms with van der Waals surface area (Å²) in [5.41, 5.74) is 1.09. The molecule has 114 valence electrons. The van der Waals surface area contributed by atoms with Crippen LogP contribution in [0, 0.1) is 0 Å². The van der Waals surface area contributed by atoms with Crippen LogP contribution in [0.4, 0.5) is 0 Å². The maximum absolute atomic E-state index is 11.5. The predicted octanol–water partition coefficient (Wildman–Crippen LogP) is 1.83. The average molecular weight is 327 g/mol. The van der Waals surface area contributed by atoms with Crippen molar-refractivity contribution < 1.29 is 19.1 Å². The highest BCUT2D eigenvalue weighted by molar-refractivity contribution is 8.19. The first-order valence-electron chi connectivity index (χ1n) is 6.52. The van der Waals surface area contributed by atoms with E-state index in [9.17, 15) is 9.59 Å². The summed E-state index contributed by atoms with van der Waals surface area (Å²) in [6.07, 6.45) is 0. The van der Waals surface area contributed by atoms with Gasteiger partial charge in [0, 0.05) is 24.1 Å². The van der Waals surface area contributed by atoms with Crippen molar-refractivity contribution in [3.8, 4) is 5.75 Å². The van der Waals surface area contributed by atoms with E-state index in [0.717, 1.165) is 17.1 Å². The van der Waals surface area contributed by atoms with Crippen LogP contribution in [0.25, 0.3) is 0 Å². The number of carbonyl (C=O) groups excluding carboxylic acids is 2. The van der Waals surface area contributed by atoms with Crippen molar-refractivity contribution in [2.75, 3.05) is 31.8 Å². The molecule has 1 aromatic rings. The monoisotopic (exact) mass is 327 g/mol. The highest BCUT2D eigenvalue weighted by Gasteiger charge is 2.22. The Labute approximate surface area is 132 Å². The summed E-state index contributed by atoms with van der Waals surface area (Å²) in [5, 5.41) is 2.38. The molecule has 2 rings (SSSR count). The molecule has 0 radical (unpaired) electrons. The van der Waals surface area contributed by atoms with Gasteiger partial charge in [-0.05, 0) is 6.07 Å². The lowest BCUT2D eigenvalue weighted by molar-refractivity contribution is -0.150. The van der Waals surface area contributed by atoms with Crippen LogP contribution in [0.3, 0.4) is 0 Å². The number of likely N-dealkylation sites (N-methyl/N-ethyl adjacent to an activating group) is 1. The van der Waals surface area contributed by atoms with Gasteiger partial charge in [-0.3, -0.25) is 4.79 Å². The van der Waals surface area contributed by atoms with Crippen LogP contribution < -0.4 is 10.1 Å². The lowest BCUT2D eigenvalue weighted by atomic mass is 10.2. The highest BCUT2D eigenvalue weighted by Crippen LogP contribution is 2.48. The molecule has 0 aromatic heterocycles. The number of hydrogen-bond donors (Lipinski definition) is 1. The molecule has 0 aliphatic carbocycles. The van der Waals surface area contributed by atoms with E-state index >= 15 is 0 Å². The Morgan fingerprint density at radius 1 is 1.24 bits per heavy atom. The van der Waals surface area contributed by atoms with Gasteiger partial charge >= 0.3 is 5.97 Å². The highest BCUT2D eigenvalue weighted by atomic mass is 32.2. The van der Waals surface area contributed by atoms with E-state index in [0.29, 0.717) is 10.3 Å². The smallest absolute Gasteiger partial charge is 0.344 e. The molecule has 21 heavy (non-hydrogen) atoms. The third-order valence-corrected chi connectivity index (χ3v) is 5.85. The molecule has 1 aliphatic rings. The van der Waals surface area contributed by atoms with Crippen LogP contribution in [0.2, 0.25) is 0 Å². The maximum Gasteiger partial charge on any atom is 0.344 e. The number of nitrogens with one attached hydrogen (secondary N) is 1. The Hall–Kier alpha value is -1.34. The molecule has 0 bridgehead atoms. The van der Waals surface area contributed by atoms with Crippen molar-refractivity contribution in [1.82, 2.24) is 5.32 Å². The van der Waals surface area contributed by atoms with Gasteiger partial charge in [0.2, 0.25) is 0 Å².